The maximum absolute atomic E-state index is 13.3. The molecule has 1 heterocycles. The van der Waals surface area contributed by atoms with Crippen LogP contribution in [0.3, 0.4) is 0 Å². The van der Waals surface area contributed by atoms with Gasteiger partial charge < -0.3 is 19.5 Å². The zero-order valence-electron chi connectivity index (χ0n) is 20.4. The van der Waals surface area contributed by atoms with Gasteiger partial charge in [-0.25, -0.2) is 4.79 Å². The van der Waals surface area contributed by atoms with Crippen molar-refractivity contribution >= 4 is 23.4 Å². The minimum absolute atomic E-state index is 0.0157. The second-order valence-corrected chi connectivity index (χ2v) is 8.49. The van der Waals surface area contributed by atoms with Gasteiger partial charge >= 0.3 is 5.97 Å². The maximum Gasteiger partial charge on any atom is 0.338 e. The Balaban J connectivity index is 1.78. The molecule has 0 bridgehead atoms. The lowest BCUT2D eigenvalue weighted by Gasteiger charge is -2.26. The van der Waals surface area contributed by atoms with Gasteiger partial charge in [0, 0.05) is 12.1 Å². The van der Waals surface area contributed by atoms with E-state index in [1.165, 1.54) is 12.0 Å². The molecular weight excluding hydrogens is 458 g/mol. The summed E-state index contributed by atoms with van der Waals surface area (Å²) in [5, 5.41) is 11.2. The molecule has 0 saturated carbocycles. The molecule has 0 aromatic heterocycles. The Hall–Kier alpha value is -4.39. The molecule has 1 aliphatic rings. The third-order valence-electron chi connectivity index (χ3n) is 6.06. The first-order valence-electron chi connectivity index (χ1n) is 11.6. The molecule has 0 aliphatic carbocycles. The van der Waals surface area contributed by atoms with E-state index in [0.29, 0.717) is 22.4 Å². The summed E-state index contributed by atoms with van der Waals surface area (Å²) < 4.78 is 10.3. The van der Waals surface area contributed by atoms with E-state index in [1.807, 2.05) is 31.2 Å². The van der Waals surface area contributed by atoms with Crippen LogP contribution < -0.4 is 4.74 Å². The lowest BCUT2D eigenvalue weighted by atomic mass is 9.94. The van der Waals surface area contributed by atoms with Crippen molar-refractivity contribution in [2.24, 2.45) is 0 Å². The van der Waals surface area contributed by atoms with Crippen molar-refractivity contribution in [1.82, 2.24) is 4.90 Å². The highest BCUT2D eigenvalue weighted by molar-refractivity contribution is 6.46. The van der Waals surface area contributed by atoms with Crippen LogP contribution in [-0.2, 0) is 20.9 Å². The third kappa shape index (κ3) is 4.86. The third-order valence-corrected chi connectivity index (χ3v) is 6.06. The topological polar surface area (TPSA) is 93.1 Å². The number of ketones is 1. The van der Waals surface area contributed by atoms with Crippen LogP contribution in [0.2, 0.25) is 0 Å². The van der Waals surface area contributed by atoms with E-state index in [2.05, 4.69) is 0 Å². The normalized spacial score (nSPS) is 16.8. The van der Waals surface area contributed by atoms with Crippen molar-refractivity contribution in [3.63, 3.8) is 0 Å². The molecule has 3 aromatic rings. The van der Waals surface area contributed by atoms with Gasteiger partial charge in [-0.3, -0.25) is 9.59 Å². The van der Waals surface area contributed by atoms with Crippen molar-refractivity contribution < 1.29 is 29.0 Å². The monoisotopic (exact) mass is 485 g/mol. The van der Waals surface area contributed by atoms with Gasteiger partial charge in [0.25, 0.3) is 11.7 Å². The minimum atomic E-state index is -0.791. The number of benzene rings is 3. The molecule has 7 nitrogen and oxygen atoms in total. The first-order chi connectivity index (χ1) is 17.3. The molecule has 1 N–H and O–H groups in total. The van der Waals surface area contributed by atoms with E-state index >= 15 is 0 Å². The average Bonchev–Trinajstić information content (AvgIpc) is 3.13. The summed E-state index contributed by atoms with van der Waals surface area (Å²) in [6, 6.07) is 20.1. The number of aryl methyl sites for hydroxylation is 1. The predicted molar refractivity (Wildman–Crippen MR) is 134 cm³/mol. The molecular formula is C29H27NO6. The Morgan fingerprint density at radius 3 is 2.36 bits per heavy atom. The quantitative estimate of drug-likeness (QED) is 0.224. The summed E-state index contributed by atoms with van der Waals surface area (Å²) >= 11 is 0. The fraction of sp³-hybridized carbons (Fsp3) is 0.207. The van der Waals surface area contributed by atoms with Crippen LogP contribution in [-0.4, -0.2) is 41.4 Å². The van der Waals surface area contributed by atoms with Gasteiger partial charge in [0.1, 0.15) is 11.5 Å². The largest absolute Gasteiger partial charge is 0.507 e. The Kier molecular flexibility index (Phi) is 7.20. The minimum Gasteiger partial charge on any atom is -0.507 e. The highest BCUT2D eigenvalue weighted by Crippen LogP contribution is 2.40. The van der Waals surface area contributed by atoms with Crippen LogP contribution in [0.5, 0.6) is 5.75 Å². The molecule has 1 atom stereocenters. The van der Waals surface area contributed by atoms with Crippen molar-refractivity contribution in [3.05, 3.63) is 106 Å². The standard InChI is InChI=1S/C29H27NO6/c1-4-36-29(34)20-13-11-19(12-14-20)17-30-25(21-8-5-7-18(2)15-21)24(27(32)28(30)33)26(31)22-9-6-10-23(16-22)35-3/h5-16,25,31H,4,17H2,1-3H3/b26-24+. The van der Waals surface area contributed by atoms with Gasteiger partial charge in [0.05, 0.1) is 30.9 Å². The molecule has 1 saturated heterocycles. The molecule has 0 radical (unpaired) electrons. The van der Waals surface area contributed by atoms with E-state index in [0.717, 1.165) is 11.1 Å². The Bertz CT molecular complexity index is 1340. The SMILES string of the molecule is CCOC(=O)c1ccc(CN2C(=O)C(=O)/C(=C(/O)c3cccc(OC)c3)C2c2cccc(C)c2)cc1. The highest BCUT2D eigenvalue weighted by atomic mass is 16.5. The fourth-order valence-corrected chi connectivity index (χ4v) is 4.31. The number of amides is 1. The number of hydrogen-bond acceptors (Lipinski definition) is 6. The molecule has 0 spiro atoms. The molecule has 1 aliphatic heterocycles. The summed E-state index contributed by atoms with van der Waals surface area (Å²) in [7, 11) is 1.51. The first-order valence-corrected chi connectivity index (χ1v) is 11.6. The van der Waals surface area contributed by atoms with Crippen molar-refractivity contribution in [3.8, 4) is 5.75 Å². The van der Waals surface area contributed by atoms with E-state index in [-0.39, 0.29) is 24.5 Å². The summed E-state index contributed by atoms with van der Waals surface area (Å²) in [5.74, 6) is -1.64. The average molecular weight is 486 g/mol. The number of rotatable bonds is 7. The number of aliphatic hydroxyl groups excluding tert-OH is 1. The zero-order chi connectivity index (χ0) is 25.8. The molecule has 4 rings (SSSR count). The van der Waals surface area contributed by atoms with E-state index in [9.17, 15) is 19.5 Å². The van der Waals surface area contributed by atoms with Crippen molar-refractivity contribution in [1.29, 1.82) is 0 Å². The lowest BCUT2D eigenvalue weighted by Crippen LogP contribution is -2.29. The Morgan fingerprint density at radius 1 is 0.972 bits per heavy atom. The Morgan fingerprint density at radius 2 is 1.69 bits per heavy atom. The molecule has 1 unspecified atom stereocenters. The number of aliphatic hydroxyl groups is 1. The van der Waals surface area contributed by atoms with Gasteiger partial charge in [-0.15, -0.1) is 0 Å². The second kappa shape index (κ2) is 10.5. The van der Waals surface area contributed by atoms with E-state index in [1.54, 1.807) is 55.5 Å². The highest BCUT2D eigenvalue weighted by Gasteiger charge is 2.46. The molecule has 1 amide bonds. The molecule has 3 aromatic carbocycles. The predicted octanol–water partition coefficient (Wildman–Crippen LogP) is 4.80. The van der Waals surface area contributed by atoms with Gasteiger partial charge in [-0.2, -0.15) is 0 Å². The Labute approximate surface area is 209 Å². The summed E-state index contributed by atoms with van der Waals surface area (Å²) in [6.45, 7) is 4.04. The summed E-state index contributed by atoms with van der Waals surface area (Å²) in [6.07, 6.45) is 0. The summed E-state index contributed by atoms with van der Waals surface area (Å²) in [5.41, 5.74) is 3.19. The van der Waals surface area contributed by atoms with Gasteiger partial charge in [0.2, 0.25) is 0 Å². The van der Waals surface area contributed by atoms with Gasteiger partial charge in [-0.05, 0) is 49.2 Å². The lowest BCUT2D eigenvalue weighted by molar-refractivity contribution is -0.140. The second-order valence-electron chi connectivity index (χ2n) is 8.49. The number of hydrogen-bond donors (Lipinski definition) is 1. The number of likely N-dealkylation sites (tertiary alicyclic amines) is 1. The number of carbonyl (C=O) groups excluding carboxylic acids is 3. The van der Waals surface area contributed by atoms with Crippen LogP contribution in [0.1, 0.15) is 45.6 Å². The number of carbonyl (C=O) groups is 3. The zero-order valence-corrected chi connectivity index (χ0v) is 20.4. The van der Waals surface area contributed by atoms with Crippen LogP contribution in [0.4, 0.5) is 0 Å². The van der Waals surface area contributed by atoms with Crippen LogP contribution in [0.25, 0.3) is 5.76 Å². The summed E-state index contributed by atoms with van der Waals surface area (Å²) in [4.78, 5) is 39.9. The van der Waals surface area contributed by atoms with Crippen LogP contribution in [0.15, 0.2) is 78.4 Å². The van der Waals surface area contributed by atoms with E-state index in [4.69, 9.17) is 9.47 Å². The molecule has 36 heavy (non-hydrogen) atoms. The fourth-order valence-electron chi connectivity index (χ4n) is 4.31. The molecule has 1 fully saturated rings. The smallest absolute Gasteiger partial charge is 0.338 e. The van der Waals surface area contributed by atoms with Crippen molar-refractivity contribution in [2.75, 3.05) is 13.7 Å². The maximum atomic E-state index is 13.3. The van der Waals surface area contributed by atoms with Crippen molar-refractivity contribution in [2.45, 2.75) is 26.4 Å². The van der Waals surface area contributed by atoms with Crippen LogP contribution >= 0.6 is 0 Å². The number of nitrogens with zero attached hydrogens (tertiary/aromatic N) is 1. The molecule has 7 heteroatoms. The molecule has 184 valence electrons. The number of methoxy groups -OCH3 is 1. The number of ether oxygens (including phenoxy) is 2. The number of Topliss-reactive ketones (excluding diaryl/α,β-unsaturated/α-hetero) is 1. The van der Waals surface area contributed by atoms with Crippen LogP contribution in [0, 0.1) is 6.92 Å². The van der Waals surface area contributed by atoms with Gasteiger partial charge in [0.15, 0.2) is 0 Å². The first kappa shape index (κ1) is 24.7. The number of esters is 1. The van der Waals surface area contributed by atoms with E-state index < -0.39 is 23.7 Å². The van der Waals surface area contributed by atoms with Gasteiger partial charge in [-0.1, -0.05) is 54.1 Å².